The van der Waals surface area contributed by atoms with Crippen molar-refractivity contribution < 1.29 is 8.42 Å². The third-order valence-corrected chi connectivity index (χ3v) is 5.83. The van der Waals surface area contributed by atoms with Crippen LogP contribution in [0.3, 0.4) is 0 Å². The minimum Gasteiger partial charge on any atom is -0.235 e. The van der Waals surface area contributed by atoms with Gasteiger partial charge in [-0.15, -0.1) is 0 Å². The van der Waals surface area contributed by atoms with Gasteiger partial charge in [0, 0.05) is 0 Å². The van der Waals surface area contributed by atoms with Crippen molar-refractivity contribution in [3.63, 3.8) is 0 Å². The molecule has 0 radical (unpaired) electrons. The number of hydrogen-bond donors (Lipinski definition) is 0. The molecule has 0 bridgehead atoms. The molecule has 0 N–H and O–H groups in total. The lowest BCUT2D eigenvalue weighted by Gasteiger charge is -2.08. The molecule has 21 heavy (non-hydrogen) atoms. The van der Waals surface area contributed by atoms with Gasteiger partial charge >= 0.3 is 0 Å². The second-order valence-corrected chi connectivity index (χ2v) is 7.15. The van der Waals surface area contributed by atoms with Crippen molar-refractivity contribution in [1.82, 2.24) is 8.96 Å². The van der Waals surface area contributed by atoms with Crippen LogP contribution < -0.4 is 0 Å². The van der Waals surface area contributed by atoms with Crippen LogP contribution >= 0.6 is 22.6 Å². The molecule has 0 aliphatic carbocycles. The van der Waals surface area contributed by atoms with Crippen molar-refractivity contribution in [3.05, 3.63) is 57.9 Å². The second kappa shape index (κ2) is 5.13. The number of nitrogens with zero attached hydrogens (tertiary/aromatic N) is 3. The van der Waals surface area contributed by atoms with Gasteiger partial charge in [-0.2, -0.15) is 5.26 Å². The minimum atomic E-state index is -3.69. The van der Waals surface area contributed by atoms with Crippen LogP contribution in [0.25, 0.3) is 11.0 Å². The number of fused-ring (bicyclic) bond motifs is 1. The summed E-state index contributed by atoms with van der Waals surface area (Å²) in [6, 6.07) is 14.9. The molecular weight excluding hydrogens is 401 g/mol. The fourth-order valence-corrected chi connectivity index (χ4v) is 4.78. The maximum atomic E-state index is 12.7. The Labute approximate surface area is 135 Å². The van der Waals surface area contributed by atoms with E-state index in [4.69, 9.17) is 5.26 Å². The van der Waals surface area contributed by atoms with Gasteiger partial charge in [0.15, 0.2) is 0 Å². The molecule has 5 nitrogen and oxygen atoms in total. The van der Waals surface area contributed by atoms with Crippen molar-refractivity contribution in [1.29, 1.82) is 5.26 Å². The zero-order valence-corrected chi connectivity index (χ0v) is 13.5. The van der Waals surface area contributed by atoms with Gasteiger partial charge in [0.25, 0.3) is 10.0 Å². The summed E-state index contributed by atoms with van der Waals surface area (Å²) in [5, 5.41) is 8.87. The molecule has 0 aliphatic rings. The lowest BCUT2D eigenvalue weighted by Crippen LogP contribution is -2.14. The van der Waals surface area contributed by atoms with Crippen molar-refractivity contribution in [2.45, 2.75) is 4.90 Å². The Bertz CT molecular complexity index is 973. The molecule has 1 aromatic carbocycles. The minimum absolute atomic E-state index is 0.213. The Kier molecular flexibility index (Phi) is 3.43. The molecular formula is C14H8IN3O2S. The van der Waals surface area contributed by atoms with Crippen LogP contribution in [0.1, 0.15) is 5.69 Å². The van der Waals surface area contributed by atoms with Crippen LogP contribution in [0.2, 0.25) is 0 Å². The number of aromatic nitrogens is 2. The first-order valence-corrected chi connectivity index (χ1v) is 8.44. The van der Waals surface area contributed by atoms with Crippen molar-refractivity contribution in [3.8, 4) is 6.07 Å². The number of benzene rings is 1. The molecule has 0 unspecified atom stereocenters. The summed E-state index contributed by atoms with van der Waals surface area (Å²) in [4.78, 5) is 4.34. The summed E-state index contributed by atoms with van der Waals surface area (Å²) >= 11 is 1.95. The predicted molar refractivity (Wildman–Crippen MR) is 86.2 cm³/mol. The summed E-state index contributed by atoms with van der Waals surface area (Å²) in [6.45, 7) is 0. The molecule has 0 fully saturated rings. The lowest BCUT2D eigenvalue weighted by atomic mass is 10.3. The number of hydrogen-bond acceptors (Lipinski definition) is 4. The molecule has 0 saturated heterocycles. The van der Waals surface area contributed by atoms with Crippen LogP contribution in [-0.4, -0.2) is 17.4 Å². The molecule has 0 saturated carbocycles. The average Bonchev–Trinajstić information content (AvgIpc) is 2.83. The van der Waals surface area contributed by atoms with Crippen LogP contribution in [0.5, 0.6) is 0 Å². The SMILES string of the molecule is N#Cc1ccc2c(cc(I)n2S(=O)(=O)c2ccccc2)n1. The van der Waals surface area contributed by atoms with Crippen molar-refractivity contribution in [2.24, 2.45) is 0 Å². The van der Waals surface area contributed by atoms with Gasteiger partial charge in [-0.1, -0.05) is 18.2 Å². The third-order valence-electron chi connectivity index (χ3n) is 2.97. The van der Waals surface area contributed by atoms with E-state index in [1.165, 1.54) is 10.0 Å². The summed E-state index contributed by atoms with van der Waals surface area (Å²) in [5.41, 5.74) is 1.20. The van der Waals surface area contributed by atoms with Gasteiger partial charge in [-0.25, -0.2) is 17.4 Å². The van der Waals surface area contributed by atoms with Gasteiger partial charge in [-0.05, 0) is 52.9 Å². The molecule has 0 amide bonds. The highest BCUT2D eigenvalue weighted by molar-refractivity contribution is 14.1. The topological polar surface area (TPSA) is 75.8 Å². The Morgan fingerprint density at radius 1 is 1.14 bits per heavy atom. The number of nitriles is 1. The molecule has 7 heteroatoms. The van der Waals surface area contributed by atoms with E-state index in [1.54, 1.807) is 42.5 Å². The van der Waals surface area contributed by atoms with Gasteiger partial charge in [0.05, 0.1) is 19.6 Å². The summed E-state index contributed by atoms with van der Waals surface area (Å²) < 4.78 is 27.3. The van der Waals surface area contributed by atoms with Gasteiger partial charge in [0.1, 0.15) is 11.8 Å². The Hall–Kier alpha value is -1.92. The molecule has 3 rings (SSSR count). The highest BCUT2D eigenvalue weighted by atomic mass is 127. The van der Waals surface area contributed by atoms with E-state index in [9.17, 15) is 8.42 Å². The van der Waals surface area contributed by atoms with Gasteiger partial charge in [-0.3, -0.25) is 0 Å². The van der Waals surface area contributed by atoms with E-state index in [-0.39, 0.29) is 10.6 Å². The van der Waals surface area contributed by atoms with E-state index in [2.05, 4.69) is 4.98 Å². The Balaban J connectivity index is 2.31. The Morgan fingerprint density at radius 2 is 1.86 bits per heavy atom. The van der Waals surface area contributed by atoms with Crippen LogP contribution in [0, 0.1) is 15.0 Å². The highest BCUT2D eigenvalue weighted by Gasteiger charge is 2.22. The molecule has 2 heterocycles. The quantitative estimate of drug-likeness (QED) is 0.610. The standard InChI is InChI=1S/C14H8IN3O2S/c15-14-8-12-13(7-6-10(9-16)17-12)18(14)21(19,20)11-4-2-1-3-5-11/h1-8H. The van der Waals surface area contributed by atoms with E-state index in [0.717, 1.165) is 0 Å². The van der Waals surface area contributed by atoms with Gasteiger partial charge < -0.3 is 0 Å². The number of rotatable bonds is 2. The normalized spacial score (nSPS) is 11.4. The first kappa shape index (κ1) is 14.0. The first-order chi connectivity index (χ1) is 10.0. The van der Waals surface area contributed by atoms with Crippen LogP contribution in [-0.2, 0) is 10.0 Å². The molecule has 0 aliphatic heterocycles. The monoisotopic (exact) mass is 409 g/mol. The van der Waals surface area contributed by atoms with E-state index >= 15 is 0 Å². The maximum Gasteiger partial charge on any atom is 0.269 e. The molecule has 3 aromatic rings. The third kappa shape index (κ3) is 2.30. The summed E-state index contributed by atoms with van der Waals surface area (Å²) in [6.07, 6.45) is 0. The summed E-state index contributed by atoms with van der Waals surface area (Å²) in [7, 11) is -3.69. The number of halogens is 1. The zero-order valence-electron chi connectivity index (χ0n) is 10.6. The summed E-state index contributed by atoms with van der Waals surface area (Å²) in [5.74, 6) is 0. The average molecular weight is 409 g/mol. The maximum absolute atomic E-state index is 12.7. The first-order valence-electron chi connectivity index (χ1n) is 5.93. The fourth-order valence-electron chi connectivity index (χ4n) is 2.04. The van der Waals surface area contributed by atoms with Crippen LogP contribution in [0.15, 0.2) is 53.4 Å². The van der Waals surface area contributed by atoms with E-state index < -0.39 is 10.0 Å². The number of pyridine rings is 1. The molecule has 104 valence electrons. The predicted octanol–water partition coefficient (Wildman–Crippen LogP) is 2.75. The van der Waals surface area contributed by atoms with Gasteiger partial charge in [0.2, 0.25) is 0 Å². The Morgan fingerprint density at radius 3 is 2.52 bits per heavy atom. The second-order valence-electron chi connectivity index (χ2n) is 4.26. The van der Waals surface area contributed by atoms with Crippen molar-refractivity contribution >= 4 is 43.6 Å². The smallest absolute Gasteiger partial charge is 0.235 e. The molecule has 2 aromatic heterocycles. The van der Waals surface area contributed by atoms with E-state index in [0.29, 0.717) is 14.7 Å². The molecule has 0 spiro atoms. The zero-order chi connectivity index (χ0) is 15.0. The lowest BCUT2D eigenvalue weighted by molar-refractivity contribution is 0.588. The highest BCUT2D eigenvalue weighted by Crippen LogP contribution is 2.25. The molecule has 0 atom stereocenters. The van der Waals surface area contributed by atoms with Crippen molar-refractivity contribution in [2.75, 3.05) is 0 Å². The fraction of sp³-hybridized carbons (Fsp3) is 0. The van der Waals surface area contributed by atoms with Crippen LogP contribution in [0.4, 0.5) is 0 Å². The van der Waals surface area contributed by atoms with E-state index in [1.807, 2.05) is 28.7 Å². The largest absolute Gasteiger partial charge is 0.269 e.